The number of hydrogen-bond acceptors (Lipinski definition) is 6. The molecule has 36 heavy (non-hydrogen) atoms. The van der Waals surface area contributed by atoms with Gasteiger partial charge in [-0.05, 0) is 62.6 Å². The molecule has 0 spiro atoms. The van der Waals surface area contributed by atoms with Crippen LogP contribution in [0, 0.1) is 0 Å². The lowest BCUT2D eigenvalue weighted by Crippen LogP contribution is -2.50. The van der Waals surface area contributed by atoms with E-state index >= 15 is 0 Å². The lowest BCUT2D eigenvalue weighted by atomic mass is 9.89. The number of ether oxygens (including phenoxy) is 1. The van der Waals surface area contributed by atoms with Gasteiger partial charge in [0.25, 0.3) is 0 Å². The van der Waals surface area contributed by atoms with Crippen molar-refractivity contribution in [1.82, 2.24) is 24.3 Å². The highest BCUT2D eigenvalue weighted by Gasteiger charge is 2.30. The highest BCUT2D eigenvalue weighted by molar-refractivity contribution is 6.00. The van der Waals surface area contributed by atoms with E-state index in [1.807, 2.05) is 42.5 Å². The lowest BCUT2D eigenvalue weighted by molar-refractivity contribution is 0.0791. The molecule has 2 atom stereocenters. The highest BCUT2D eigenvalue weighted by atomic mass is 16.5. The molecule has 7 nitrogen and oxygen atoms in total. The zero-order valence-electron chi connectivity index (χ0n) is 20.9. The molecule has 0 radical (unpaired) electrons. The van der Waals surface area contributed by atoms with Crippen LogP contribution in [0.3, 0.4) is 0 Å². The Balaban J connectivity index is 1.29. The van der Waals surface area contributed by atoms with Gasteiger partial charge in [0.15, 0.2) is 0 Å². The second-order valence-corrected chi connectivity index (χ2v) is 10.2. The normalized spacial score (nSPS) is 21.6. The Morgan fingerprint density at radius 1 is 0.861 bits per heavy atom. The summed E-state index contributed by atoms with van der Waals surface area (Å²) >= 11 is 0. The number of rotatable bonds is 5. The van der Waals surface area contributed by atoms with E-state index in [-0.39, 0.29) is 0 Å². The summed E-state index contributed by atoms with van der Waals surface area (Å²) in [6.07, 6.45) is 8.69. The zero-order chi connectivity index (χ0) is 24.5. The van der Waals surface area contributed by atoms with Gasteiger partial charge < -0.3 is 19.9 Å². The molecule has 3 heterocycles. The third-order valence-corrected chi connectivity index (χ3v) is 7.85. The van der Waals surface area contributed by atoms with Crippen molar-refractivity contribution in [3.05, 3.63) is 67.1 Å². The topological polar surface area (TPSA) is 72.4 Å². The van der Waals surface area contributed by atoms with Crippen LogP contribution in [-0.4, -0.2) is 63.6 Å². The number of aromatic nitrogens is 3. The Morgan fingerprint density at radius 2 is 1.58 bits per heavy atom. The van der Waals surface area contributed by atoms with Crippen molar-refractivity contribution in [1.29, 1.82) is 0 Å². The van der Waals surface area contributed by atoms with E-state index in [2.05, 4.69) is 44.7 Å². The van der Waals surface area contributed by atoms with Crippen molar-refractivity contribution in [2.75, 3.05) is 39.0 Å². The Bertz CT molecular complexity index is 1310. The molecule has 1 saturated heterocycles. The van der Waals surface area contributed by atoms with Crippen molar-refractivity contribution in [2.45, 2.75) is 37.8 Å². The average Bonchev–Trinajstić information content (AvgIpc) is 3.31. The molecule has 1 saturated carbocycles. The predicted octanol–water partition coefficient (Wildman–Crippen LogP) is 5.20. The van der Waals surface area contributed by atoms with E-state index in [0.717, 1.165) is 66.3 Å². The van der Waals surface area contributed by atoms with Gasteiger partial charge in [-0.1, -0.05) is 30.3 Å². The van der Waals surface area contributed by atoms with Crippen molar-refractivity contribution < 1.29 is 4.74 Å². The molecule has 2 N–H and O–H groups in total. The molecule has 0 amide bonds. The standard InChI is InChI=1S/C29H34N6O/c1-33-14-16-34(17-15-33)22-6-5-7-23(18-22)35-19-26(27-28(30)31-20-32-29(27)35)21-10-12-25(13-11-21)36-24-8-3-2-4-9-24/h2-4,8-13,19-20,22-23H,5-7,14-18H2,1H3,(H2,30,31,32)/t22-,23+/m1/s1. The van der Waals surface area contributed by atoms with Gasteiger partial charge in [-0.3, -0.25) is 4.90 Å². The molecular weight excluding hydrogens is 448 g/mol. The van der Waals surface area contributed by atoms with Gasteiger partial charge in [-0.25, -0.2) is 9.97 Å². The van der Waals surface area contributed by atoms with Gasteiger partial charge in [0.2, 0.25) is 0 Å². The molecular formula is C29H34N6O. The number of nitrogens with zero attached hydrogens (tertiary/aromatic N) is 5. The Hall–Kier alpha value is -3.42. The van der Waals surface area contributed by atoms with Gasteiger partial charge >= 0.3 is 0 Å². The molecule has 0 bridgehead atoms. The minimum absolute atomic E-state index is 0.412. The molecule has 2 aromatic carbocycles. The van der Waals surface area contributed by atoms with E-state index in [4.69, 9.17) is 15.5 Å². The van der Waals surface area contributed by atoms with Crippen LogP contribution in [-0.2, 0) is 0 Å². The first kappa shape index (κ1) is 23.0. The third kappa shape index (κ3) is 4.56. The first-order chi connectivity index (χ1) is 17.7. The van der Waals surface area contributed by atoms with Crippen LogP contribution >= 0.6 is 0 Å². The van der Waals surface area contributed by atoms with Crippen LogP contribution in [0.5, 0.6) is 11.5 Å². The molecule has 2 fully saturated rings. The van der Waals surface area contributed by atoms with Gasteiger partial charge in [0, 0.05) is 50.0 Å². The van der Waals surface area contributed by atoms with E-state index in [9.17, 15) is 0 Å². The number of para-hydroxylation sites is 1. The maximum Gasteiger partial charge on any atom is 0.146 e. The first-order valence-electron chi connectivity index (χ1n) is 13.0. The maximum atomic E-state index is 6.42. The molecule has 2 aliphatic rings. The molecule has 0 unspecified atom stereocenters. The monoisotopic (exact) mass is 482 g/mol. The van der Waals surface area contributed by atoms with Gasteiger partial charge in [0.1, 0.15) is 29.3 Å². The Kier molecular flexibility index (Phi) is 6.34. The fourth-order valence-corrected chi connectivity index (χ4v) is 5.84. The van der Waals surface area contributed by atoms with E-state index in [1.54, 1.807) is 6.33 Å². The zero-order valence-corrected chi connectivity index (χ0v) is 20.9. The van der Waals surface area contributed by atoms with Gasteiger partial charge in [-0.2, -0.15) is 0 Å². The van der Waals surface area contributed by atoms with E-state index in [1.165, 1.54) is 19.3 Å². The number of anilines is 1. The molecule has 7 heteroatoms. The molecule has 1 aliphatic carbocycles. The fraction of sp³-hybridized carbons (Fsp3) is 0.379. The maximum absolute atomic E-state index is 6.42. The van der Waals surface area contributed by atoms with Gasteiger partial charge in [-0.15, -0.1) is 0 Å². The number of hydrogen-bond donors (Lipinski definition) is 1. The second kappa shape index (κ2) is 9.91. The number of nitrogen functional groups attached to an aromatic ring is 1. The summed E-state index contributed by atoms with van der Waals surface area (Å²) in [5, 5.41) is 0.941. The predicted molar refractivity (Wildman–Crippen MR) is 144 cm³/mol. The molecule has 6 rings (SSSR count). The molecule has 4 aromatic rings. The average molecular weight is 483 g/mol. The number of nitrogens with two attached hydrogens (primary N) is 1. The second-order valence-electron chi connectivity index (χ2n) is 10.2. The Morgan fingerprint density at radius 3 is 2.36 bits per heavy atom. The van der Waals surface area contributed by atoms with Crippen molar-refractivity contribution in [2.24, 2.45) is 0 Å². The fourth-order valence-electron chi connectivity index (χ4n) is 5.84. The van der Waals surface area contributed by atoms with E-state index in [0.29, 0.717) is 17.9 Å². The van der Waals surface area contributed by atoms with Crippen LogP contribution < -0.4 is 10.5 Å². The van der Waals surface area contributed by atoms with Crippen LogP contribution in [0.1, 0.15) is 31.7 Å². The third-order valence-electron chi connectivity index (χ3n) is 7.85. The molecule has 1 aliphatic heterocycles. The summed E-state index contributed by atoms with van der Waals surface area (Å²) in [5.41, 5.74) is 9.53. The summed E-state index contributed by atoms with van der Waals surface area (Å²) < 4.78 is 8.37. The lowest BCUT2D eigenvalue weighted by Gasteiger charge is -2.41. The minimum atomic E-state index is 0.412. The SMILES string of the molecule is CN1CCN([C@@H]2CCC[C@H](n3cc(-c4ccc(Oc5ccccc5)cc4)c4c(N)ncnc43)C2)CC1. The van der Waals surface area contributed by atoms with Gasteiger partial charge in [0.05, 0.1) is 5.39 Å². The van der Waals surface area contributed by atoms with Crippen molar-refractivity contribution in [3.8, 4) is 22.6 Å². The number of likely N-dealkylation sites (N-methyl/N-ethyl adjacent to an activating group) is 1. The Labute approximate surface area is 212 Å². The molecule has 186 valence electrons. The summed E-state index contributed by atoms with van der Waals surface area (Å²) in [7, 11) is 2.22. The van der Waals surface area contributed by atoms with Crippen LogP contribution in [0.15, 0.2) is 67.1 Å². The van der Waals surface area contributed by atoms with Crippen LogP contribution in [0.4, 0.5) is 5.82 Å². The van der Waals surface area contributed by atoms with Crippen molar-refractivity contribution >= 4 is 16.9 Å². The molecule has 2 aromatic heterocycles. The smallest absolute Gasteiger partial charge is 0.146 e. The number of benzene rings is 2. The van der Waals surface area contributed by atoms with Crippen molar-refractivity contribution in [3.63, 3.8) is 0 Å². The van der Waals surface area contributed by atoms with Crippen LogP contribution in [0.2, 0.25) is 0 Å². The first-order valence-corrected chi connectivity index (χ1v) is 13.0. The number of fused-ring (bicyclic) bond motifs is 1. The largest absolute Gasteiger partial charge is 0.457 e. The highest BCUT2D eigenvalue weighted by Crippen LogP contribution is 2.39. The summed E-state index contributed by atoms with van der Waals surface area (Å²) in [6, 6.07) is 19.1. The quantitative estimate of drug-likeness (QED) is 0.421. The minimum Gasteiger partial charge on any atom is -0.457 e. The summed E-state index contributed by atoms with van der Waals surface area (Å²) in [6.45, 7) is 4.65. The summed E-state index contributed by atoms with van der Waals surface area (Å²) in [4.78, 5) is 14.2. The number of piperazine rings is 1. The van der Waals surface area contributed by atoms with Crippen LogP contribution in [0.25, 0.3) is 22.2 Å². The van der Waals surface area contributed by atoms with E-state index < -0.39 is 0 Å². The summed E-state index contributed by atoms with van der Waals surface area (Å²) in [5.74, 6) is 2.16.